The van der Waals surface area contributed by atoms with Gasteiger partial charge in [-0.3, -0.25) is 0 Å². The average molecular weight is 257 g/mol. The van der Waals surface area contributed by atoms with E-state index in [4.69, 9.17) is 14.2 Å². The molecule has 18 heavy (non-hydrogen) atoms. The standard InChI is InChI=1S/C13H23NO4/c1-11(2,3)18-10(15)14-12-6-5-7-13(12,16-4)17-9-8-12/h5-9H2,1-4H3,(H,14,15)/t12-,13+/m1/s1. The molecule has 0 spiro atoms. The Labute approximate surface area is 108 Å². The highest BCUT2D eigenvalue weighted by molar-refractivity contribution is 5.69. The number of fused-ring (bicyclic) bond motifs is 1. The first-order valence-corrected chi connectivity index (χ1v) is 6.53. The Hall–Kier alpha value is -0.810. The Balaban J connectivity index is 2.09. The average Bonchev–Trinajstić information content (AvgIpc) is 2.68. The van der Waals surface area contributed by atoms with E-state index in [-0.39, 0.29) is 0 Å². The van der Waals surface area contributed by atoms with Crippen molar-refractivity contribution in [2.45, 2.75) is 63.4 Å². The van der Waals surface area contributed by atoms with Crippen LogP contribution < -0.4 is 5.32 Å². The molecular weight excluding hydrogens is 234 g/mol. The Morgan fingerprint density at radius 2 is 2.00 bits per heavy atom. The molecule has 1 amide bonds. The monoisotopic (exact) mass is 257 g/mol. The quantitative estimate of drug-likeness (QED) is 0.824. The molecule has 5 heteroatoms. The van der Waals surface area contributed by atoms with Crippen LogP contribution in [0.5, 0.6) is 0 Å². The van der Waals surface area contributed by atoms with Gasteiger partial charge in [-0.1, -0.05) is 0 Å². The van der Waals surface area contributed by atoms with Crippen LogP contribution in [0.15, 0.2) is 0 Å². The number of carbonyl (C=O) groups excluding carboxylic acids is 1. The van der Waals surface area contributed by atoms with E-state index in [0.717, 1.165) is 25.7 Å². The number of ether oxygens (including phenoxy) is 3. The van der Waals surface area contributed by atoms with E-state index in [2.05, 4.69) is 5.32 Å². The van der Waals surface area contributed by atoms with E-state index >= 15 is 0 Å². The smallest absolute Gasteiger partial charge is 0.408 e. The highest BCUT2D eigenvalue weighted by atomic mass is 16.7. The number of nitrogens with one attached hydrogen (secondary N) is 1. The van der Waals surface area contributed by atoms with Crippen LogP contribution in [0, 0.1) is 0 Å². The lowest BCUT2D eigenvalue weighted by atomic mass is 9.91. The van der Waals surface area contributed by atoms with Gasteiger partial charge in [-0.15, -0.1) is 0 Å². The Morgan fingerprint density at radius 3 is 2.61 bits per heavy atom. The van der Waals surface area contributed by atoms with Crippen LogP contribution in [-0.2, 0) is 14.2 Å². The van der Waals surface area contributed by atoms with Gasteiger partial charge in [0.1, 0.15) is 5.60 Å². The summed E-state index contributed by atoms with van der Waals surface area (Å²) in [6.07, 6.45) is 3.07. The van der Waals surface area contributed by atoms with Crippen molar-refractivity contribution in [3.63, 3.8) is 0 Å². The van der Waals surface area contributed by atoms with Crippen LogP contribution in [0.4, 0.5) is 4.79 Å². The minimum atomic E-state index is -0.663. The van der Waals surface area contributed by atoms with Crippen molar-refractivity contribution in [1.82, 2.24) is 5.32 Å². The van der Waals surface area contributed by atoms with Gasteiger partial charge in [0.05, 0.1) is 12.1 Å². The lowest BCUT2D eigenvalue weighted by molar-refractivity contribution is -0.215. The van der Waals surface area contributed by atoms with Crippen LogP contribution in [-0.4, -0.2) is 36.7 Å². The molecule has 1 aliphatic carbocycles. The first kappa shape index (κ1) is 13.6. The third-order valence-electron chi connectivity index (χ3n) is 3.77. The molecule has 5 nitrogen and oxygen atoms in total. The molecular formula is C13H23NO4. The zero-order chi connectivity index (χ0) is 13.4. The molecule has 1 aliphatic heterocycles. The highest BCUT2D eigenvalue weighted by Crippen LogP contribution is 2.49. The number of alkyl carbamates (subject to hydrolysis) is 1. The molecule has 1 N–H and O–H groups in total. The summed E-state index contributed by atoms with van der Waals surface area (Å²) in [5, 5.41) is 2.99. The first-order chi connectivity index (χ1) is 8.33. The summed E-state index contributed by atoms with van der Waals surface area (Å²) in [5.74, 6) is -0.663. The number of amides is 1. The molecule has 0 bridgehead atoms. The molecule has 0 aromatic heterocycles. The maximum absolute atomic E-state index is 12.0. The third kappa shape index (κ3) is 2.21. The summed E-state index contributed by atoms with van der Waals surface area (Å²) < 4.78 is 16.7. The summed E-state index contributed by atoms with van der Waals surface area (Å²) in [6.45, 7) is 6.18. The zero-order valence-corrected chi connectivity index (χ0v) is 11.7. The SMILES string of the molecule is CO[C@]12CCC[C@@]1(NC(=O)OC(C)(C)C)CCO2. The molecule has 2 rings (SSSR count). The molecule has 2 atom stereocenters. The van der Waals surface area contributed by atoms with Crippen LogP contribution >= 0.6 is 0 Å². The van der Waals surface area contributed by atoms with Gasteiger partial charge in [0.2, 0.25) is 0 Å². The molecule has 1 saturated heterocycles. The number of hydrogen-bond donors (Lipinski definition) is 1. The molecule has 1 saturated carbocycles. The van der Waals surface area contributed by atoms with Crippen LogP contribution in [0.1, 0.15) is 46.5 Å². The van der Waals surface area contributed by atoms with Crippen molar-refractivity contribution in [3.8, 4) is 0 Å². The molecule has 0 aromatic rings. The molecule has 2 aliphatic rings. The maximum atomic E-state index is 12.0. The second-order valence-electron chi connectivity index (χ2n) is 6.12. The van der Waals surface area contributed by atoms with Crippen molar-refractivity contribution in [1.29, 1.82) is 0 Å². The molecule has 0 radical (unpaired) electrons. The zero-order valence-electron chi connectivity index (χ0n) is 11.7. The van der Waals surface area contributed by atoms with Crippen molar-refractivity contribution >= 4 is 6.09 Å². The van der Waals surface area contributed by atoms with Crippen LogP contribution in [0.3, 0.4) is 0 Å². The summed E-state index contributed by atoms with van der Waals surface area (Å²) >= 11 is 0. The molecule has 0 unspecified atom stereocenters. The van der Waals surface area contributed by atoms with Gasteiger partial charge >= 0.3 is 6.09 Å². The Morgan fingerprint density at radius 1 is 1.28 bits per heavy atom. The van der Waals surface area contributed by atoms with Gasteiger partial charge in [0, 0.05) is 13.5 Å². The summed E-state index contributed by atoms with van der Waals surface area (Å²) in [6, 6.07) is 0. The second kappa shape index (κ2) is 4.38. The lowest BCUT2D eigenvalue weighted by Gasteiger charge is -2.38. The van der Waals surface area contributed by atoms with Crippen molar-refractivity contribution in [3.05, 3.63) is 0 Å². The Bertz CT molecular complexity index is 324. The van der Waals surface area contributed by atoms with Gasteiger partial charge < -0.3 is 19.5 Å². The van der Waals surface area contributed by atoms with E-state index in [9.17, 15) is 4.79 Å². The van der Waals surface area contributed by atoms with E-state index in [1.807, 2.05) is 20.8 Å². The van der Waals surface area contributed by atoms with Gasteiger partial charge in [-0.05, 0) is 40.0 Å². The predicted octanol–water partition coefficient (Wildman–Crippen LogP) is 2.20. The summed E-state index contributed by atoms with van der Waals surface area (Å²) in [7, 11) is 1.64. The number of rotatable bonds is 2. The van der Waals surface area contributed by atoms with E-state index in [0.29, 0.717) is 6.61 Å². The van der Waals surface area contributed by atoms with E-state index in [1.54, 1.807) is 7.11 Å². The normalized spacial score (nSPS) is 35.3. The summed E-state index contributed by atoms with van der Waals surface area (Å²) in [4.78, 5) is 12.0. The van der Waals surface area contributed by atoms with Gasteiger partial charge in [0.25, 0.3) is 0 Å². The molecule has 104 valence electrons. The number of methoxy groups -OCH3 is 1. The number of hydrogen-bond acceptors (Lipinski definition) is 4. The van der Waals surface area contributed by atoms with Crippen LogP contribution in [0.25, 0.3) is 0 Å². The lowest BCUT2D eigenvalue weighted by Crippen LogP contribution is -2.60. The largest absolute Gasteiger partial charge is 0.444 e. The van der Waals surface area contributed by atoms with Gasteiger partial charge in [-0.2, -0.15) is 0 Å². The predicted molar refractivity (Wildman–Crippen MR) is 66.3 cm³/mol. The van der Waals surface area contributed by atoms with E-state index < -0.39 is 23.0 Å². The Kier molecular flexibility index (Phi) is 3.32. The van der Waals surface area contributed by atoms with Gasteiger partial charge in [0.15, 0.2) is 5.79 Å². The minimum Gasteiger partial charge on any atom is -0.444 e. The second-order valence-corrected chi connectivity index (χ2v) is 6.12. The van der Waals surface area contributed by atoms with Crippen molar-refractivity contribution in [2.24, 2.45) is 0 Å². The fraction of sp³-hybridized carbons (Fsp3) is 0.923. The van der Waals surface area contributed by atoms with Crippen LogP contribution in [0.2, 0.25) is 0 Å². The molecule has 1 heterocycles. The number of carbonyl (C=O) groups is 1. The van der Waals surface area contributed by atoms with E-state index in [1.165, 1.54) is 0 Å². The topological polar surface area (TPSA) is 56.8 Å². The third-order valence-corrected chi connectivity index (χ3v) is 3.77. The first-order valence-electron chi connectivity index (χ1n) is 6.53. The van der Waals surface area contributed by atoms with Crippen molar-refractivity contribution < 1.29 is 19.0 Å². The fourth-order valence-corrected chi connectivity index (χ4v) is 3.04. The molecule has 0 aromatic carbocycles. The summed E-state index contributed by atoms with van der Waals surface area (Å²) in [5.41, 5.74) is -0.918. The molecule has 2 fully saturated rings. The maximum Gasteiger partial charge on any atom is 0.408 e. The fourth-order valence-electron chi connectivity index (χ4n) is 3.04. The van der Waals surface area contributed by atoms with Crippen molar-refractivity contribution in [2.75, 3.05) is 13.7 Å². The highest BCUT2D eigenvalue weighted by Gasteiger charge is 2.61. The minimum absolute atomic E-state index is 0.392. The van der Waals surface area contributed by atoms with Gasteiger partial charge in [-0.25, -0.2) is 4.79 Å².